The van der Waals surface area contributed by atoms with Crippen LogP contribution in [0.5, 0.6) is 5.75 Å². The van der Waals surface area contributed by atoms with E-state index in [0.717, 1.165) is 5.56 Å². The Bertz CT molecular complexity index is 514. The summed E-state index contributed by atoms with van der Waals surface area (Å²) in [6.07, 6.45) is 0. The van der Waals surface area contributed by atoms with Crippen LogP contribution in [0.3, 0.4) is 0 Å². The van der Waals surface area contributed by atoms with Gasteiger partial charge in [-0.25, -0.2) is 0 Å². The van der Waals surface area contributed by atoms with Crippen molar-refractivity contribution in [3.63, 3.8) is 0 Å². The quantitative estimate of drug-likeness (QED) is 0.822. The van der Waals surface area contributed by atoms with Crippen molar-refractivity contribution in [2.24, 2.45) is 5.73 Å². The van der Waals surface area contributed by atoms with Crippen molar-refractivity contribution in [3.8, 4) is 5.75 Å². The highest BCUT2D eigenvalue weighted by atomic mass is 16.5. The van der Waals surface area contributed by atoms with Crippen molar-refractivity contribution in [3.05, 3.63) is 23.8 Å². The summed E-state index contributed by atoms with van der Waals surface area (Å²) in [5, 5.41) is 2.73. The molecule has 0 saturated carbocycles. The number of benzene rings is 1. The molecular formula is C13H17N3O3. The van der Waals surface area contributed by atoms with Crippen LogP contribution >= 0.6 is 0 Å². The number of nitrogens with zero attached hydrogens (tertiary/aromatic N) is 1. The van der Waals surface area contributed by atoms with Crippen molar-refractivity contribution in [1.82, 2.24) is 4.90 Å². The number of nitrogens with one attached hydrogen (secondary N) is 1. The molecule has 3 N–H and O–H groups in total. The maximum Gasteiger partial charge on any atom is 0.262 e. The van der Waals surface area contributed by atoms with Crippen LogP contribution in [0.4, 0.5) is 5.69 Å². The maximum atomic E-state index is 11.7. The molecule has 6 heteroatoms. The second-order valence-corrected chi connectivity index (χ2v) is 4.65. The normalized spacial score (nSPS) is 15.0. The largest absolute Gasteiger partial charge is 0.482 e. The topological polar surface area (TPSA) is 84.7 Å². The molecule has 0 aromatic heterocycles. The molecule has 0 saturated heterocycles. The van der Waals surface area contributed by atoms with Crippen molar-refractivity contribution in [2.45, 2.75) is 19.5 Å². The Morgan fingerprint density at radius 2 is 2.32 bits per heavy atom. The summed E-state index contributed by atoms with van der Waals surface area (Å²) < 4.78 is 5.27. The first kappa shape index (κ1) is 13.4. The molecule has 1 aromatic rings. The molecule has 0 spiro atoms. The molecule has 1 atom stereocenters. The molecule has 0 fully saturated rings. The molecule has 19 heavy (non-hydrogen) atoms. The molecule has 0 radical (unpaired) electrons. The number of ether oxygens (including phenoxy) is 1. The molecule has 0 aliphatic carbocycles. The number of amides is 2. The number of carbonyl (C=O) groups is 2. The van der Waals surface area contributed by atoms with Crippen LogP contribution in [0, 0.1) is 0 Å². The van der Waals surface area contributed by atoms with Crippen molar-refractivity contribution in [2.75, 3.05) is 19.0 Å². The van der Waals surface area contributed by atoms with E-state index in [1.807, 2.05) is 6.07 Å². The molecule has 1 aliphatic rings. The van der Waals surface area contributed by atoms with Gasteiger partial charge in [-0.15, -0.1) is 0 Å². The molecule has 1 aliphatic heterocycles. The van der Waals surface area contributed by atoms with E-state index in [1.165, 1.54) is 0 Å². The Kier molecular flexibility index (Phi) is 3.71. The van der Waals surface area contributed by atoms with Crippen LogP contribution in [0.15, 0.2) is 18.2 Å². The van der Waals surface area contributed by atoms with Gasteiger partial charge >= 0.3 is 0 Å². The molecule has 102 valence electrons. The number of hydrogen-bond acceptors (Lipinski definition) is 4. The second kappa shape index (κ2) is 5.27. The maximum absolute atomic E-state index is 11.7. The first-order valence-corrected chi connectivity index (χ1v) is 6.03. The standard InChI is InChI=1S/C13H17N3O3/c1-8(14)13(18)16(2)6-9-3-4-11-10(5-9)15-12(17)7-19-11/h3-5,8H,6-7,14H2,1-2H3,(H,15,17). The lowest BCUT2D eigenvalue weighted by atomic mass is 10.1. The minimum absolute atomic E-state index is 0.0371. The van der Waals surface area contributed by atoms with Crippen LogP contribution in [0.1, 0.15) is 12.5 Å². The van der Waals surface area contributed by atoms with Gasteiger partial charge in [-0.05, 0) is 24.6 Å². The zero-order chi connectivity index (χ0) is 14.0. The predicted molar refractivity (Wildman–Crippen MR) is 70.7 cm³/mol. The Balaban J connectivity index is 2.12. The summed E-state index contributed by atoms with van der Waals surface area (Å²) in [7, 11) is 1.69. The van der Waals surface area contributed by atoms with E-state index in [2.05, 4.69) is 5.32 Å². The highest BCUT2D eigenvalue weighted by Crippen LogP contribution is 2.28. The van der Waals surface area contributed by atoms with Gasteiger partial charge in [-0.3, -0.25) is 9.59 Å². The Morgan fingerprint density at radius 3 is 3.00 bits per heavy atom. The van der Waals surface area contributed by atoms with Crippen molar-refractivity contribution >= 4 is 17.5 Å². The third-order valence-electron chi connectivity index (χ3n) is 2.86. The molecule has 2 amide bonds. The molecule has 6 nitrogen and oxygen atoms in total. The summed E-state index contributed by atoms with van der Waals surface area (Å²) in [6.45, 7) is 2.12. The van der Waals surface area contributed by atoms with Gasteiger partial charge in [0, 0.05) is 13.6 Å². The van der Waals surface area contributed by atoms with Crippen LogP contribution in [-0.4, -0.2) is 36.4 Å². The number of hydrogen-bond donors (Lipinski definition) is 2. The van der Waals surface area contributed by atoms with Gasteiger partial charge in [-0.1, -0.05) is 6.07 Å². The van der Waals surface area contributed by atoms with E-state index in [-0.39, 0.29) is 18.4 Å². The van der Waals surface area contributed by atoms with Gasteiger partial charge in [0.25, 0.3) is 5.91 Å². The van der Waals surface area contributed by atoms with E-state index >= 15 is 0 Å². The smallest absolute Gasteiger partial charge is 0.262 e. The van der Waals surface area contributed by atoms with Crippen LogP contribution in [0.2, 0.25) is 0 Å². The lowest BCUT2D eigenvalue weighted by molar-refractivity contribution is -0.131. The highest BCUT2D eigenvalue weighted by Gasteiger charge is 2.18. The minimum atomic E-state index is -0.523. The average molecular weight is 263 g/mol. The summed E-state index contributed by atoms with van der Waals surface area (Å²) in [5.74, 6) is 0.340. The SMILES string of the molecule is CC(N)C(=O)N(C)Cc1ccc2c(c1)NC(=O)CO2. The van der Waals surface area contributed by atoms with E-state index < -0.39 is 6.04 Å². The molecular weight excluding hydrogens is 246 g/mol. The van der Waals surface area contributed by atoms with Crippen LogP contribution in [-0.2, 0) is 16.1 Å². The van der Waals surface area contributed by atoms with Gasteiger partial charge in [0.2, 0.25) is 5.91 Å². The lowest BCUT2D eigenvalue weighted by Gasteiger charge is -2.22. The summed E-state index contributed by atoms with van der Waals surface area (Å²) >= 11 is 0. The van der Waals surface area contributed by atoms with Crippen LogP contribution in [0.25, 0.3) is 0 Å². The first-order valence-electron chi connectivity index (χ1n) is 6.03. The summed E-state index contributed by atoms with van der Waals surface area (Å²) in [6, 6.07) is 4.93. The predicted octanol–water partition coefficient (Wildman–Crippen LogP) is 0.323. The Morgan fingerprint density at radius 1 is 1.58 bits per heavy atom. The van der Waals surface area contributed by atoms with E-state index in [0.29, 0.717) is 18.0 Å². The summed E-state index contributed by atoms with van der Waals surface area (Å²) in [4.78, 5) is 24.5. The fourth-order valence-corrected chi connectivity index (χ4v) is 1.93. The minimum Gasteiger partial charge on any atom is -0.482 e. The molecule has 2 rings (SSSR count). The van der Waals surface area contributed by atoms with Crippen molar-refractivity contribution in [1.29, 1.82) is 0 Å². The van der Waals surface area contributed by atoms with Gasteiger partial charge in [0.05, 0.1) is 11.7 Å². The fourth-order valence-electron chi connectivity index (χ4n) is 1.93. The molecule has 1 aromatic carbocycles. The number of likely N-dealkylation sites (N-methyl/N-ethyl adjacent to an activating group) is 1. The molecule has 0 bridgehead atoms. The molecule has 1 unspecified atom stereocenters. The monoisotopic (exact) mass is 263 g/mol. The second-order valence-electron chi connectivity index (χ2n) is 4.65. The zero-order valence-corrected chi connectivity index (χ0v) is 11.0. The Labute approximate surface area is 111 Å². The van der Waals surface area contributed by atoms with Crippen LogP contribution < -0.4 is 15.8 Å². The van der Waals surface area contributed by atoms with Gasteiger partial charge < -0.3 is 20.7 Å². The number of nitrogens with two attached hydrogens (primary N) is 1. The van der Waals surface area contributed by atoms with E-state index in [4.69, 9.17) is 10.5 Å². The van der Waals surface area contributed by atoms with Gasteiger partial charge in [0.1, 0.15) is 5.75 Å². The first-order chi connectivity index (χ1) is 8.97. The van der Waals surface area contributed by atoms with E-state index in [1.54, 1.807) is 31.0 Å². The number of fused-ring (bicyclic) bond motifs is 1. The van der Waals surface area contributed by atoms with Crippen molar-refractivity contribution < 1.29 is 14.3 Å². The van der Waals surface area contributed by atoms with Gasteiger partial charge in [-0.2, -0.15) is 0 Å². The van der Waals surface area contributed by atoms with Gasteiger partial charge in [0.15, 0.2) is 6.61 Å². The zero-order valence-electron chi connectivity index (χ0n) is 11.0. The Hall–Kier alpha value is -2.08. The third kappa shape index (κ3) is 3.03. The summed E-state index contributed by atoms with van der Waals surface area (Å²) in [5.41, 5.74) is 7.09. The molecule has 1 heterocycles. The number of carbonyl (C=O) groups excluding carboxylic acids is 2. The third-order valence-corrected chi connectivity index (χ3v) is 2.86. The fraction of sp³-hybridized carbons (Fsp3) is 0.385. The van der Waals surface area contributed by atoms with E-state index in [9.17, 15) is 9.59 Å². The average Bonchev–Trinajstić information content (AvgIpc) is 2.37. The number of anilines is 1. The highest BCUT2D eigenvalue weighted by molar-refractivity contribution is 5.95. The lowest BCUT2D eigenvalue weighted by Crippen LogP contribution is -2.39. The number of rotatable bonds is 3.